The highest BCUT2D eigenvalue weighted by Gasteiger charge is 2.19. The quantitative estimate of drug-likeness (QED) is 0.579. The fraction of sp³-hybridized carbons (Fsp3) is 0.105. The molecule has 0 spiro atoms. The van der Waals surface area contributed by atoms with Crippen molar-refractivity contribution in [3.05, 3.63) is 71.7 Å². The highest BCUT2D eigenvalue weighted by atomic mass is 32.1. The molecular weight excluding hydrogens is 364 g/mol. The molecule has 8 heteroatoms. The fourth-order valence-corrected chi connectivity index (χ4v) is 3.03. The van der Waals surface area contributed by atoms with Crippen molar-refractivity contribution in [1.29, 1.82) is 0 Å². The van der Waals surface area contributed by atoms with Crippen molar-refractivity contribution in [3.8, 4) is 11.5 Å². The summed E-state index contributed by atoms with van der Waals surface area (Å²) in [6.07, 6.45) is 1.61. The Balaban J connectivity index is 1.74. The van der Waals surface area contributed by atoms with E-state index < -0.39 is 12.1 Å². The number of para-hydroxylation sites is 1. The minimum Gasteiger partial charge on any atom is -0.457 e. The third-order valence-electron chi connectivity index (χ3n) is 3.62. The smallest absolute Gasteiger partial charge is 0.312 e. The van der Waals surface area contributed by atoms with Gasteiger partial charge in [-0.25, -0.2) is 9.78 Å². The molecular formula is C19H18N4O3S. The zero-order valence-electron chi connectivity index (χ0n) is 14.3. The molecule has 0 aliphatic carbocycles. The van der Waals surface area contributed by atoms with Crippen LogP contribution < -0.4 is 21.1 Å². The Kier molecular flexibility index (Phi) is 6.01. The Morgan fingerprint density at radius 3 is 2.59 bits per heavy atom. The van der Waals surface area contributed by atoms with E-state index in [0.717, 1.165) is 0 Å². The number of nitrogens with two attached hydrogens (primary N) is 1. The zero-order chi connectivity index (χ0) is 19.1. The van der Waals surface area contributed by atoms with Crippen molar-refractivity contribution < 1.29 is 14.3 Å². The molecule has 3 amide bonds. The predicted molar refractivity (Wildman–Crippen MR) is 104 cm³/mol. The number of anilines is 1. The van der Waals surface area contributed by atoms with Gasteiger partial charge >= 0.3 is 6.03 Å². The molecule has 7 nitrogen and oxygen atoms in total. The number of carbonyl (C=O) groups excluding carboxylic acids is 2. The molecule has 3 aromatic rings. The van der Waals surface area contributed by atoms with Crippen LogP contribution in [-0.4, -0.2) is 16.9 Å². The van der Waals surface area contributed by atoms with Gasteiger partial charge in [0.1, 0.15) is 11.5 Å². The average Bonchev–Trinajstić information content (AvgIpc) is 3.15. The maximum absolute atomic E-state index is 12.3. The first-order chi connectivity index (χ1) is 13.1. The van der Waals surface area contributed by atoms with Crippen LogP contribution in [0, 0.1) is 0 Å². The number of hydrogen-bond donors (Lipinski definition) is 3. The molecule has 0 aliphatic heterocycles. The first-order valence-corrected chi connectivity index (χ1v) is 9.06. The molecule has 0 saturated heterocycles. The highest BCUT2D eigenvalue weighted by molar-refractivity contribution is 7.13. The molecule has 2 aromatic carbocycles. The van der Waals surface area contributed by atoms with E-state index >= 15 is 0 Å². The van der Waals surface area contributed by atoms with Crippen LogP contribution in [0.2, 0.25) is 0 Å². The van der Waals surface area contributed by atoms with Gasteiger partial charge in [0.15, 0.2) is 5.13 Å². The number of hydrogen-bond acceptors (Lipinski definition) is 5. The Morgan fingerprint density at radius 2 is 1.89 bits per heavy atom. The Labute approximate surface area is 160 Å². The van der Waals surface area contributed by atoms with Gasteiger partial charge in [0.2, 0.25) is 5.91 Å². The van der Waals surface area contributed by atoms with E-state index in [-0.39, 0.29) is 12.3 Å². The standard InChI is InChI=1S/C19H18N4O3S/c20-18(25)22-16(12-17(24)23-19-21-9-10-27-19)13-5-4-8-15(11-13)26-14-6-2-1-3-7-14/h1-11,16H,12H2,(H3,20,22,25)(H,21,23,24)/t16-/m1/s1. The molecule has 27 heavy (non-hydrogen) atoms. The summed E-state index contributed by atoms with van der Waals surface area (Å²) in [5, 5.41) is 7.56. The van der Waals surface area contributed by atoms with Crippen molar-refractivity contribution in [2.75, 3.05) is 5.32 Å². The fourth-order valence-electron chi connectivity index (χ4n) is 2.48. The van der Waals surface area contributed by atoms with E-state index in [9.17, 15) is 9.59 Å². The first kappa shape index (κ1) is 18.4. The van der Waals surface area contributed by atoms with E-state index in [4.69, 9.17) is 10.5 Å². The zero-order valence-corrected chi connectivity index (χ0v) is 15.1. The normalized spacial score (nSPS) is 11.4. The number of nitrogens with one attached hydrogen (secondary N) is 2. The van der Waals surface area contributed by atoms with Gasteiger partial charge in [-0.2, -0.15) is 0 Å². The number of primary amides is 1. The van der Waals surface area contributed by atoms with E-state index in [1.165, 1.54) is 11.3 Å². The van der Waals surface area contributed by atoms with Gasteiger partial charge in [-0.05, 0) is 29.8 Å². The van der Waals surface area contributed by atoms with Gasteiger partial charge in [0.05, 0.1) is 12.5 Å². The molecule has 0 radical (unpaired) electrons. The van der Waals surface area contributed by atoms with Gasteiger partial charge in [0, 0.05) is 11.6 Å². The lowest BCUT2D eigenvalue weighted by molar-refractivity contribution is -0.116. The van der Waals surface area contributed by atoms with Crippen LogP contribution in [0.3, 0.4) is 0 Å². The topological polar surface area (TPSA) is 106 Å². The minimum atomic E-state index is -0.712. The molecule has 1 aromatic heterocycles. The summed E-state index contributed by atoms with van der Waals surface area (Å²) in [6, 6.07) is 15.2. The Bertz CT molecular complexity index is 900. The predicted octanol–water partition coefficient (Wildman–Crippen LogP) is 3.67. The molecule has 138 valence electrons. The maximum Gasteiger partial charge on any atom is 0.312 e. The second-order valence-electron chi connectivity index (χ2n) is 5.64. The molecule has 0 aliphatic rings. The largest absolute Gasteiger partial charge is 0.457 e. The van der Waals surface area contributed by atoms with Gasteiger partial charge in [-0.3, -0.25) is 4.79 Å². The molecule has 4 N–H and O–H groups in total. The number of carbonyl (C=O) groups is 2. The van der Waals surface area contributed by atoms with Crippen LogP contribution in [0.25, 0.3) is 0 Å². The van der Waals surface area contributed by atoms with E-state index in [1.54, 1.807) is 35.8 Å². The molecule has 3 rings (SSSR count). The van der Waals surface area contributed by atoms with Crippen molar-refractivity contribution in [3.63, 3.8) is 0 Å². The van der Waals surface area contributed by atoms with Crippen molar-refractivity contribution in [1.82, 2.24) is 10.3 Å². The third-order valence-corrected chi connectivity index (χ3v) is 4.31. The lowest BCUT2D eigenvalue weighted by atomic mass is 10.0. The van der Waals surface area contributed by atoms with Crippen molar-refractivity contribution in [2.24, 2.45) is 5.73 Å². The SMILES string of the molecule is NC(=O)N[C@H](CC(=O)Nc1nccs1)c1cccc(Oc2ccccc2)c1. The summed E-state index contributed by atoms with van der Waals surface area (Å²) in [4.78, 5) is 27.7. The summed E-state index contributed by atoms with van der Waals surface area (Å²) in [6.45, 7) is 0. The second kappa shape index (κ2) is 8.81. The van der Waals surface area contributed by atoms with E-state index in [0.29, 0.717) is 22.2 Å². The molecule has 1 atom stereocenters. The summed E-state index contributed by atoms with van der Waals surface area (Å²) >= 11 is 1.32. The Hall–Kier alpha value is -3.39. The van der Waals surface area contributed by atoms with Crippen LogP contribution in [-0.2, 0) is 4.79 Å². The number of nitrogens with zero attached hydrogens (tertiary/aromatic N) is 1. The Morgan fingerprint density at radius 1 is 1.11 bits per heavy atom. The average molecular weight is 382 g/mol. The van der Waals surface area contributed by atoms with Crippen LogP contribution >= 0.6 is 11.3 Å². The third kappa shape index (κ3) is 5.55. The highest BCUT2D eigenvalue weighted by Crippen LogP contribution is 2.26. The number of thiazole rings is 1. The van der Waals surface area contributed by atoms with Gasteiger partial charge < -0.3 is 21.1 Å². The first-order valence-electron chi connectivity index (χ1n) is 8.18. The lowest BCUT2D eigenvalue weighted by Gasteiger charge is -2.18. The number of amides is 3. The van der Waals surface area contributed by atoms with Crippen LogP contribution in [0.15, 0.2) is 66.2 Å². The summed E-state index contributed by atoms with van der Waals surface area (Å²) in [5.41, 5.74) is 5.99. The number of benzene rings is 2. The monoisotopic (exact) mass is 382 g/mol. The number of rotatable bonds is 7. The summed E-state index contributed by atoms with van der Waals surface area (Å²) in [7, 11) is 0. The molecule has 0 unspecified atom stereocenters. The summed E-state index contributed by atoms with van der Waals surface area (Å²) < 4.78 is 5.81. The molecule has 0 saturated carbocycles. The molecule has 0 bridgehead atoms. The lowest BCUT2D eigenvalue weighted by Crippen LogP contribution is -2.35. The van der Waals surface area contributed by atoms with Crippen LogP contribution in [0.1, 0.15) is 18.0 Å². The van der Waals surface area contributed by atoms with Crippen LogP contribution in [0.4, 0.5) is 9.93 Å². The maximum atomic E-state index is 12.3. The van der Waals surface area contributed by atoms with Crippen molar-refractivity contribution >= 4 is 28.4 Å². The van der Waals surface area contributed by atoms with E-state index in [2.05, 4.69) is 15.6 Å². The van der Waals surface area contributed by atoms with Gasteiger partial charge in [-0.15, -0.1) is 11.3 Å². The second-order valence-corrected chi connectivity index (χ2v) is 6.53. The summed E-state index contributed by atoms with van der Waals surface area (Å²) in [5.74, 6) is 1.00. The number of aromatic nitrogens is 1. The van der Waals surface area contributed by atoms with Gasteiger partial charge in [-0.1, -0.05) is 30.3 Å². The molecule has 1 heterocycles. The minimum absolute atomic E-state index is 0.0112. The van der Waals surface area contributed by atoms with E-state index in [1.807, 2.05) is 30.3 Å². The number of ether oxygens (including phenoxy) is 1. The molecule has 0 fully saturated rings. The van der Waals surface area contributed by atoms with Gasteiger partial charge in [0.25, 0.3) is 0 Å². The number of urea groups is 1. The van der Waals surface area contributed by atoms with Crippen molar-refractivity contribution in [2.45, 2.75) is 12.5 Å². The van der Waals surface area contributed by atoms with Crippen LogP contribution in [0.5, 0.6) is 11.5 Å².